The zero-order valence-electron chi connectivity index (χ0n) is 17.6. The molecule has 0 saturated carbocycles. The Labute approximate surface area is 191 Å². The molecule has 5 aromatic rings. The third kappa shape index (κ3) is 4.22. The van der Waals surface area contributed by atoms with Gasteiger partial charge in [-0.05, 0) is 54.1 Å². The molecular weight excluding hydrogens is 414 g/mol. The molecule has 0 aliphatic heterocycles. The van der Waals surface area contributed by atoms with Crippen LogP contribution in [0, 0.1) is 11.8 Å². The molecule has 156 valence electrons. The number of pyridine rings is 1. The van der Waals surface area contributed by atoms with E-state index in [9.17, 15) is 0 Å². The highest BCUT2D eigenvalue weighted by atomic mass is 32.1. The van der Waals surface area contributed by atoms with Crippen LogP contribution in [0.1, 0.15) is 16.0 Å². The molecule has 4 nitrogen and oxygen atoms in total. The van der Waals surface area contributed by atoms with Gasteiger partial charge in [-0.2, -0.15) is 0 Å². The predicted molar refractivity (Wildman–Crippen MR) is 131 cm³/mol. The molecule has 0 spiro atoms. The maximum Gasteiger partial charge on any atom is 0.139 e. The fourth-order valence-corrected chi connectivity index (χ4v) is 4.34. The maximum absolute atomic E-state index is 5.36. The highest BCUT2D eigenvalue weighted by molar-refractivity contribution is 7.16. The quantitative estimate of drug-likeness (QED) is 0.340. The second-order valence-corrected chi connectivity index (χ2v) is 8.31. The zero-order valence-corrected chi connectivity index (χ0v) is 18.4. The molecular formula is C27H21N3OS. The summed E-state index contributed by atoms with van der Waals surface area (Å²) in [7, 11) is 1.68. The Bertz CT molecular complexity index is 1420. The molecule has 0 atom stereocenters. The molecule has 0 amide bonds. The number of rotatable bonds is 5. The van der Waals surface area contributed by atoms with E-state index >= 15 is 0 Å². The Balaban J connectivity index is 1.47. The number of anilines is 1. The van der Waals surface area contributed by atoms with Gasteiger partial charge in [0.25, 0.3) is 0 Å². The van der Waals surface area contributed by atoms with Crippen LogP contribution < -0.4 is 10.1 Å². The van der Waals surface area contributed by atoms with Crippen molar-refractivity contribution in [2.24, 2.45) is 0 Å². The van der Waals surface area contributed by atoms with E-state index < -0.39 is 0 Å². The first-order chi connectivity index (χ1) is 15.8. The third-order valence-corrected chi connectivity index (χ3v) is 6.07. The van der Waals surface area contributed by atoms with E-state index in [4.69, 9.17) is 9.72 Å². The Morgan fingerprint density at radius 2 is 1.81 bits per heavy atom. The second-order valence-electron chi connectivity index (χ2n) is 7.22. The maximum atomic E-state index is 5.36. The average molecular weight is 436 g/mol. The van der Waals surface area contributed by atoms with Gasteiger partial charge in [-0.25, -0.2) is 4.98 Å². The SMILES string of the molecule is COc1cccc(CNc2c(-c3ccc(C#Cc4ccccc4)s3)nc3ccccn23)c1. The summed E-state index contributed by atoms with van der Waals surface area (Å²) in [5.41, 5.74) is 3.98. The van der Waals surface area contributed by atoms with Gasteiger partial charge in [0, 0.05) is 18.3 Å². The summed E-state index contributed by atoms with van der Waals surface area (Å²) in [5, 5.41) is 3.59. The third-order valence-electron chi connectivity index (χ3n) is 5.07. The average Bonchev–Trinajstić information content (AvgIpc) is 3.47. The van der Waals surface area contributed by atoms with E-state index in [0.717, 1.165) is 43.8 Å². The molecule has 0 unspecified atom stereocenters. The molecule has 5 rings (SSSR count). The van der Waals surface area contributed by atoms with Crippen molar-refractivity contribution in [3.63, 3.8) is 0 Å². The molecule has 0 aliphatic carbocycles. The first kappa shape index (κ1) is 19.9. The standard InChI is InChI=1S/C27H21N3OS/c1-31-22-11-7-10-21(18-22)19-28-27-26(29-25-12-5-6-17-30(25)27)24-16-15-23(32-24)14-13-20-8-3-2-4-9-20/h2-12,15-18,28H,19H2,1H3. The second kappa shape index (κ2) is 9.01. The van der Waals surface area contributed by atoms with Gasteiger partial charge in [0.1, 0.15) is 22.9 Å². The lowest BCUT2D eigenvalue weighted by atomic mass is 10.2. The number of nitrogens with one attached hydrogen (secondary N) is 1. The van der Waals surface area contributed by atoms with Crippen LogP contribution in [-0.4, -0.2) is 16.5 Å². The van der Waals surface area contributed by atoms with E-state index in [1.165, 1.54) is 0 Å². The summed E-state index contributed by atoms with van der Waals surface area (Å²) in [6, 6.07) is 28.3. The Kier molecular flexibility index (Phi) is 5.61. The van der Waals surface area contributed by atoms with Crippen LogP contribution in [0.2, 0.25) is 0 Å². The minimum atomic E-state index is 0.666. The molecule has 0 saturated heterocycles. The van der Waals surface area contributed by atoms with Crippen molar-refractivity contribution < 1.29 is 4.74 Å². The summed E-state index contributed by atoms with van der Waals surface area (Å²) in [6.45, 7) is 0.666. The summed E-state index contributed by atoms with van der Waals surface area (Å²) in [6.07, 6.45) is 2.03. The molecule has 1 N–H and O–H groups in total. The van der Waals surface area contributed by atoms with Crippen LogP contribution in [0.3, 0.4) is 0 Å². The van der Waals surface area contributed by atoms with E-state index in [0.29, 0.717) is 6.54 Å². The molecule has 0 radical (unpaired) electrons. The van der Waals surface area contributed by atoms with Gasteiger partial charge in [-0.1, -0.05) is 48.2 Å². The highest BCUT2D eigenvalue weighted by Crippen LogP contribution is 2.34. The van der Waals surface area contributed by atoms with Crippen molar-refractivity contribution in [2.45, 2.75) is 6.54 Å². The number of aromatic nitrogens is 2. The molecule has 32 heavy (non-hydrogen) atoms. The van der Waals surface area contributed by atoms with Crippen molar-refractivity contribution in [3.05, 3.63) is 107 Å². The number of nitrogens with zero attached hydrogens (tertiary/aromatic N) is 2. The Morgan fingerprint density at radius 1 is 0.938 bits per heavy atom. The molecule has 3 aromatic heterocycles. The Hall–Kier alpha value is -4.01. The number of ether oxygens (including phenoxy) is 1. The van der Waals surface area contributed by atoms with Crippen LogP contribution in [-0.2, 0) is 6.54 Å². The van der Waals surface area contributed by atoms with Crippen molar-refractivity contribution in [1.29, 1.82) is 0 Å². The number of hydrogen-bond acceptors (Lipinski definition) is 4. The van der Waals surface area contributed by atoms with Crippen LogP contribution in [0.25, 0.3) is 16.2 Å². The van der Waals surface area contributed by atoms with E-state index in [-0.39, 0.29) is 0 Å². The fraction of sp³-hybridized carbons (Fsp3) is 0.0741. The van der Waals surface area contributed by atoms with Gasteiger partial charge in [0.05, 0.1) is 16.9 Å². The number of methoxy groups -OCH3 is 1. The van der Waals surface area contributed by atoms with Gasteiger partial charge in [-0.15, -0.1) is 11.3 Å². The van der Waals surface area contributed by atoms with Crippen LogP contribution in [0.15, 0.2) is 91.1 Å². The van der Waals surface area contributed by atoms with E-state index in [2.05, 4.69) is 39.8 Å². The zero-order chi connectivity index (χ0) is 21.8. The summed E-state index contributed by atoms with van der Waals surface area (Å²) >= 11 is 1.65. The smallest absolute Gasteiger partial charge is 0.139 e. The number of hydrogen-bond donors (Lipinski definition) is 1. The molecule has 3 heterocycles. The van der Waals surface area contributed by atoms with Crippen LogP contribution in [0.5, 0.6) is 5.75 Å². The van der Waals surface area contributed by atoms with E-state index in [1.807, 2.05) is 72.9 Å². The molecule has 0 bridgehead atoms. The van der Waals surface area contributed by atoms with Crippen molar-refractivity contribution in [1.82, 2.24) is 9.38 Å². The molecule has 2 aromatic carbocycles. The summed E-state index contributed by atoms with van der Waals surface area (Å²) in [4.78, 5) is 6.99. The largest absolute Gasteiger partial charge is 0.497 e. The summed E-state index contributed by atoms with van der Waals surface area (Å²) < 4.78 is 7.44. The minimum absolute atomic E-state index is 0.666. The first-order valence-electron chi connectivity index (χ1n) is 10.3. The topological polar surface area (TPSA) is 38.6 Å². The number of fused-ring (bicyclic) bond motifs is 1. The van der Waals surface area contributed by atoms with Gasteiger partial charge < -0.3 is 10.1 Å². The van der Waals surface area contributed by atoms with E-state index in [1.54, 1.807) is 18.4 Å². The summed E-state index contributed by atoms with van der Waals surface area (Å²) in [5.74, 6) is 8.32. The predicted octanol–water partition coefficient (Wildman–Crippen LogP) is 6.08. The lowest BCUT2D eigenvalue weighted by Crippen LogP contribution is -2.03. The fourth-order valence-electron chi connectivity index (χ4n) is 3.49. The minimum Gasteiger partial charge on any atom is -0.497 e. The van der Waals surface area contributed by atoms with Crippen molar-refractivity contribution in [3.8, 4) is 28.2 Å². The number of thiophene rings is 1. The lowest BCUT2D eigenvalue weighted by molar-refractivity contribution is 0.414. The lowest BCUT2D eigenvalue weighted by Gasteiger charge is -2.09. The Morgan fingerprint density at radius 3 is 2.69 bits per heavy atom. The molecule has 5 heteroatoms. The normalized spacial score (nSPS) is 10.5. The van der Waals surface area contributed by atoms with Gasteiger partial charge in [0.15, 0.2) is 0 Å². The van der Waals surface area contributed by atoms with Gasteiger partial charge in [-0.3, -0.25) is 4.40 Å². The van der Waals surface area contributed by atoms with Crippen molar-refractivity contribution in [2.75, 3.05) is 12.4 Å². The molecule has 0 aliphatic rings. The van der Waals surface area contributed by atoms with Gasteiger partial charge in [0.2, 0.25) is 0 Å². The van der Waals surface area contributed by atoms with Gasteiger partial charge >= 0.3 is 0 Å². The van der Waals surface area contributed by atoms with Crippen LogP contribution in [0.4, 0.5) is 5.82 Å². The number of benzene rings is 2. The first-order valence-corrected chi connectivity index (χ1v) is 11.1. The highest BCUT2D eigenvalue weighted by Gasteiger charge is 2.15. The molecule has 0 fully saturated rings. The monoisotopic (exact) mass is 435 g/mol. The van der Waals surface area contributed by atoms with Crippen LogP contribution >= 0.6 is 11.3 Å². The number of imidazole rings is 1. The van der Waals surface area contributed by atoms with Crippen molar-refractivity contribution >= 4 is 22.8 Å².